The van der Waals surface area contributed by atoms with Gasteiger partial charge in [-0.3, -0.25) is 9.80 Å². The zero-order chi connectivity index (χ0) is 27.0. The van der Waals surface area contributed by atoms with Gasteiger partial charge in [0.1, 0.15) is 0 Å². The number of nitrogens with zero attached hydrogens (tertiary/aromatic N) is 2. The van der Waals surface area contributed by atoms with Gasteiger partial charge in [0.25, 0.3) is 0 Å². The van der Waals surface area contributed by atoms with E-state index in [2.05, 4.69) is 70.5 Å². The molecule has 1 fully saturated rings. The predicted molar refractivity (Wildman–Crippen MR) is 167 cm³/mol. The fraction of sp³-hybridized carbons (Fsp3) is 0.242. The summed E-state index contributed by atoms with van der Waals surface area (Å²) in [5, 5.41) is 0. The predicted octanol–water partition coefficient (Wildman–Crippen LogP) is 6.67. The van der Waals surface area contributed by atoms with Gasteiger partial charge in [-0.2, -0.15) is 0 Å². The number of benzene rings is 4. The van der Waals surface area contributed by atoms with Crippen molar-refractivity contribution in [2.75, 3.05) is 40.4 Å². The third-order valence-electron chi connectivity index (χ3n) is 7.18. The molecule has 1 aliphatic heterocycles. The molecule has 41 heavy (non-hydrogen) atoms. The molecule has 1 aliphatic rings. The Morgan fingerprint density at radius 1 is 0.683 bits per heavy atom. The van der Waals surface area contributed by atoms with E-state index in [9.17, 15) is 4.79 Å². The maximum absolute atomic E-state index is 13.0. The zero-order valence-corrected chi connectivity index (χ0v) is 24.9. The molecule has 4 aromatic rings. The van der Waals surface area contributed by atoms with E-state index in [1.807, 2.05) is 30.3 Å². The van der Waals surface area contributed by atoms with Crippen LogP contribution in [0.4, 0.5) is 0 Å². The van der Waals surface area contributed by atoms with Crippen LogP contribution in [-0.2, 0) is 6.54 Å². The van der Waals surface area contributed by atoms with E-state index in [0.29, 0.717) is 29.4 Å². The highest BCUT2D eigenvalue weighted by Crippen LogP contribution is 2.41. The number of rotatable bonds is 9. The second kappa shape index (κ2) is 15.5. The number of hydrogen-bond donors (Lipinski definition) is 0. The fourth-order valence-corrected chi connectivity index (χ4v) is 5.21. The Morgan fingerprint density at radius 3 is 1.73 bits per heavy atom. The molecule has 0 unspecified atom stereocenters. The summed E-state index contributed by atoms with van der Waals surface area (Å²) < 4.78 is 17.1. The van der Waals surface area contributed by atoms with Crippen molar-refractivity contribution in [1.82, 2.24) is 9.80 Å². The number of carbonyl (C=O) groups is 1. The first-order chi connectivity index (χ1) is 19.2. The largest absolute Gasteiger partial charge is 0.493 e. The number of piperazine rings is 1. The summed E-state index contributed by atoms with van der Waals surface area (Å²) in [5.41, 5.74) is 3.96. The van der Waals surface area contributed by atoms with Crippen LogP contribution in [0.1, 0.15) is 33.1 Å². The maximum Gasteiger partial charge on any atom is 0.343 e. The number of halogens is 2. The summed E-state index contributed by atoms with van der Waals surface area (Å²) in [6.07, 6.45) is 0. The number of esters is 1. The van der Waals surface area contributed by atoms with Crippen molar-refractivity contribution in [3.05, 3.63) is 125 Å². The van der Waals surface area contributed by atoms with Crippen molar-refractivity contribution in [3.8, 4) is 17.2 Å². The molecule has 0 amide bonds. The molecular formula is C33H36Cl2N2O4. The molecule has 0 atom stereocenters. The summed E-state index contributed by atoms with van der Waals surface area (Å²) >= 11 is 0. The Kier molecular flexibility index (Phi) is 12.0. The van der Waals surface area contributed by atoms with Gasteiger partial charge in [0.2, 0.25) is 5.75 Å². The van der Waals surface area contributed by atoms with Gasteiger partial charge in [0.05, 0.1) is 25.8 Å². The zero-order valence-electron chi connectivity index (χ0n) is 23.3. The van der Waals surface area contributed by atoms with Crippen LogP contribution in [0.25, 0.3) is 0 Å². The van der Waals surface area contributed by atoms with Crippen LogP contribution < -0.4 is 14.2 Å². The fourth-order valence-electron chi connectivity index (χ4n) is 5.21. The van der Waals surface area contributed by atoms with E-state index in [1.165, 1.54) is 11.1 Å². The molecule has 4 aromatic carbocycles. The summed E-state index contributed by atoms with van der Waals surface area (Å²) in [4.78, 5) is 17.9. The Bertz CT molecular complexity index is 1330. The smallest absolute Gasteiger partial charge is 0.343 e. The van der Waals surface area contributed by atoms with Crippen molar-refractivity contribution >= 4 is 30.8 Å². The highest BCUT2D eigenvalue weighted by Gasteiger charge is 2.28. The topological polar surface area (TPSA) is 51.2 Å². The van der Waals surface area contributed by atoms with Crippen LogP contribution in [-0.4, -0.2) is 56.2 Å². The van der Waals surface area contributed by atoms with Gasteiger partial charge in [-0.25, -0.2) is 4.79 Å². The maximum atomic E-state index is 13.0. The SMILES string of the molecule is COc1ccc(CN2CCN(C(c3ccccc3)c3ccccc3)CC2)c(OC(=O)c2ccccc2)c1OC.Cl.Cl. The lowest BCUT2D eigenvalue weighted by Crippen LogP contribution is -2.47. The van der Waals surface area contributed by atoms with Crippen LogP contribution >= 0.6 is 24.8 Å². The van der Waals surface area contributed by atoms with E-state index in [0.717, 1.165) is 31.7 Å². The Morgan fingerprint density at radius 2 is 1.22 bits per heavy atom. The van der Waals surface area contributed by atoms with Gasteiger partial charge in [-0.15, -0.1) is 24.8 Å². The van der Waals surface area contributed by atoms with Gasteiger partial charge in [-0.1, -0.05) is 84.9 Å². The van der Waals surface area contributed by atoms with Crippen molar-refractivity contribution in [2.45, 2.75) is 12.6 Å². The molecule has 0 saturated carbocycles. The second-order valence-electron chi connectivity index (χ2n) is 9.58. The van der Waals surface area contributed by atoms with E-state index in [4.69, 9.17) is 14.2 Å². The first-order valence-electron chi connectivity index (χ1n) is 13.3. The molecule has 1 heterocycles. The van der Waals surface area contributed by atoms with Gasteiger partial charge in [0, 0.05) is 38.3 Å². The molecule has 216 valence electrons. The van der Waals surface area contributed by atoms with Crippen LogP contribution in [0.5, 0.6) is 17.2 Å². The second-order valence-corrected chi connectivity index (χ2v) is 9.58. The van der Waals surface area contributed by atoms with Gasteiger partial charge in [0.15, 0.2) is 11.5 Å². The summed E-state index contributed by atoms with van der Waals surface area (Å²) in [6.45, 7) is 4.24. The van der Waals surface area contributed by atoms with Crippen molar-refractivity contribution < 1.29 is 19.0 Å². The normalized spacial score (nSPS) is 13.5. The third-order valence-corrected chi connectivity index (χ3v) is 7.18. The highest BCUT2D eigenvalue weighted by atomic mass is 35.5. The highest BCUT2D eigenvalue weighted by molar-refractivity contribution is 5.91. The lowest BCUT2D eigenvalue weighted by molar-refractivity contribution is 0.0721. The van der Waals surface area contributed by atoms with E-state index >= 15 is 0 Å². The standard InChI is InChI=1S/C33H34N2O4.2ClH/c1-37-29-19-18-28(31(32(29)38-2)39-33(36)27-16-10-5-11-17-27)24-34-20-22-35(23-21-34)30(25-12-6-3-7-13-25)26-14-8-4-9-15-26;;/h3-19,30H,20-24H2,1-2H3;2*1H. The lowest BCUT2D eigenvalue weighted by atomic mass is 9.96. The molecule has 0 N–H and O–H groups in total. The molecule has 8 heteroatoms. The van der Waals surface area contributed by atoms with Gasteiger partial charge < -0.3 is 14.2 Å². The molecule has 0 aliphatic carbocycles. The number of hydrogen-bond acceptors (Lipinski definition) is 6. The minimum atomic E-state index is -0.429. The molecule has 0 bridgehead atoms. The van der Waals surface area contributed by atoms with Crippen molar-refractivity contribution in [3.63, 3.8) is 0 Å². The minimum Gasteiger partial charge on any atom is -0.493 e. The van der Waals surface area contributed by atoms with Crippen molar-refractivity contribution in [2.24, 2.45) is 0 Å². The van der Waals surface area contributed by atoms with Crippen LogP contribution in [0.3, 0.4) is 0 Å². The summed E-state index contributed by atoms with van der Waals surface area (Å²) in [6, 6.07) is 34.4. The molecule has 0 spiro atoms. The lowest BCUT2D eigenvalue weighted by Gasteiger charge is -2.40. The number of carbonyl (C=O) groups excluding carboxylic acids is 1. The van der Waals surface area contributed by atoms with Gasteiger partial charge in [-0.05, 0) is 29.3 Å². The number of ether oxygens (including phenoxy) is 3. The van der Waals surface area contributed by atoms with Crippen LogP contribution in [0, 0.1) is 0 Å². The van der Waals surface area contributed by atoms with E-state index < -0.39 is 5.97 Å². The third kappa shape index (κ3) is 7.60. The molecular weight excluding hydrogens is 559 g/mol. The summed E-state index contributed by atoms with van der Waals surface area (Å²) in [5.74, 6) is 0.919. The molecule has 0 aromatic heterocycles. The molecule has 1 saturated heterocycles. The molecule has 6 nitrogen and oxygen atoms in total. The average molecular weight is 596 g/mol. The quantitative estimate of drug-likeness (QED) is 0.159. The first-order valence-corrected chi connectivity index (χ1v) is 13.3. The number of methoxy groups -OCH3 is 2. The summed E-state index contributed by atoms with van der Waals surface area (Å²) in [7, 11) is 3.14. The Balaban J connectivity index is 0.00000231. The van der Waals surface area contributed by atoms with Crippen LogP contribution in [0.15, 0.2) is 103 Å². The van der Waals surface area contributed by atoms with Crippen LogP contribution in [0.2, 0.25) is 0 Å². The molecule has 0 radical (unpaired) electrons. The first kappa shape index (κ1) is 32.0. The molecule has 5 rings (SSSR count). The minimum absolute atomic E-state index is 0. The Hall–Kier alpha value is -3.55. The Labute approximate surface area is 254 Å². The monoisotopic (exact) mass is 594 g/mol. The van der Waals surface area contributed by atoms with E-state index in [1.54, 1.807) is 26.4 Å². The van der Waals surface area contributed by atoms with Crippen molar-refractivity contribution in [1.29, 1.82) is 0 Å². The van der Waals surface area contributed by atoms with E-state index in [-0.39, 0.29) is 30.9 Å². The van der Waals surface area contributed by atoms with Gasteiger partial charge >= 0.3 is 5.97 Å². The average Bonchev–Trinajstić information content (AvgIpc) is 3.00.